The minimum Gasteiger partial charge on any atom is -0.351 e. The van der Waals surface area contributed by atoms with Crippen molar-refractivity contribution in [2.45, 2.75) is 31.2 Å². The van der Waals surface area contributed by atoms with Crippen molar-refractivity contribution in [3.05, 3.63) is 40.8 Å². The van der Waals surface area contributed by atoms with Crippen LogP contribution in [0.2, 0.25) is 0 Å². The Morgan fingerprint density at radius 3 is 3.15 bits per heavy atom. The van der Waals surface area contributed by atoms with Crippen molar-refractivity contribution in [3.8, 4) is 11.3 Å². The molecule has 0 bridgehead atoms. The fourth-order valence-corrected chi connectivity index (χ4v) is 4.30. The third-order valence-electron chi connectivity index (χ3n) is 4.99. The van der Waals surface area contributed by atoms with Crippen LogP contribution in [0.3, 0.4) is 0 Å². The second kappa shape index (κ2) is 6.97. The topological polar surface area (TPSA) is 85.3 Å². The molecular weight excluding hydrogens is 372 g/mol. The van der Waals surface area contributed by atoms with E-state index in [4.69, 9.17) is 5.73 Å². The average molecular weight is 391 g/mol. The van der Waals surface area contributed by atoms with Crippen LogP contribution in [0.15, 0.2) is 36.0 Å². The monoisotopic (exact) mass is 391 g/mol. The molecule has 1 unspecified atom stereocenters. The number of fused-ring (bicyclic) bond motifs is 1. The second-order valence-electron chi connectivity index (χ2n) is 6.77. The summed E-state index contributed by atoms with van der Waals surface area (Å²) in [6.45, 7) is -0.128. The molecular formula is C18H19F2N5OS. The molecule has 142 valence electrons. The van der Waals surface area contributed by atoms with E-state index in [-0.39, 0.29) is 18.9 Å². The molecule has 1 saturated carbocycles. The molecule has 0 radical (unpaired) electrons. The zero-order valence-corrected chi connectivity index (χ0v) is 15.3. The molecule has 1 amide bonds. The van der Waals surface area contributed by atoms with Crippen molar-refractivity contribution in [3.63, 3.8) is 0 Å². The van der Waals surface area contributed by atoms with Gasteiger partial charge in [0, 0.05) is 36.1 Å². The summed E-state index contributed by atoms with van der Waals surface area (Å²) in [6, 6.07) is 4.75. The lowest BCUT2D eigenvalue weighted by Gasteiger charge is -2.36. The van der Waals surface area contributed by atoms with E-state index in [9.17, 15) is 13.6 Å². The van der Waals surface area contributed by atoms with E-state index in [0.717, 1.165) is 11.3 Å². The van der Waals surface area contributed by atoms with E-state index >= 15 is 0 Å². The molecule has 0 saturated heterocycles. The maximum absolute atomic E-state index is 14.1. The molecule has 6 nitrogen and oxygen atoms in total. The van der Waals surface area contributed by atoms with Crippen molar-refractivity contribution in [2.24, 2.45) is 11.7 Å². The number of thiophene rings is 1. The summed E-state index contributed by atoms with van der Waals surface area (Å²) in [4.78, 5) is 17.2. The lowest BCUT2D eigenvalue weighted by atomic mass is 9.81. The van der Waals surface area contributed by atoms with Gasteiger partial charge in [-0.1, -0.05) is 0 Å². The van der Waals surface area contributed by atoms with Crippen LogP contribution in [0.1, 0.15) is 28.9 Å². The molecule has 9 heteroatoms. The number of nitrogens with one attached hydrogen (secondary N) is 1. The Morgan fingerprint density at radius 2 is 2.33 bits per heavy atom. The highest BCUT2D eigenvalue weighted by atomic mass is 32.1. The molecule has 0 spiro atoms. The molecule has 4 rings (SSSR count). The Kier molecular flexibility index (Phi) is 4.65. The predicted octanol–water partition coefficient (Wildman–Crippen LogP) is 2.95. The minimum atomic E-state index is -2.84. The van der Waals surface area contributed by atoms with Gasteiger partial charge in [0.2, 0.25) is 0 Å². The Labute approximate surface area is 158 Å². The van der Waals surface area contributed by atoms with Crippen molar-refractivity contribution in [1.82, 2.24) is 19.9 Å². The molecule has 0 aliphatic heterocycles. The molecule has 27 heavy (non-hydrogen) atoms. The smallest absolute Gasteiger partial charge is 0.261 e. The van der Waals surface area contributed by atoms with Crippen LogP contribution < -0.4 is 11.1 Å². The van der Waals surface area contributed by atoms with Crippen LogP contribution >= 0.6 is 11.3 Å². The molecule has 2 atom stereocenters. The van der Waals surface area contributed by atoms with Crippen LogP contribution in [0.25, 0.3) is 16.9 Å². The molecule has 3 N–H and O–H groups in total. The largest absolute Gasteiger partial charge is 0.351 e. The standard InChI is InChI=1S/C18H19F2N5OS/c19-18(20)5-1-3-13(21)12(18)8-23-17(26)15-7-11(10-27-15)14-9-22-16-4-2-6-24-25(14)16/h2,4,6-7,9-10,12-13H,1,3,5,8,21H2,(H,23,26)/t12?,13-/m0/s1. The van der Waals surface area contributed by atoms with E-state index < -0.39 is 17.9 Å². The second-order valence-corrected chi connectivity index (χ2v) is 7.68. The van der Waals surface area contributed by atoms with Crippen LogP contribution in [0.4, 0.5) is 8.78 Å². The summed E-state index contributed by atoms with van der Waals surface area (Å²) in [5.74, 6) is -4.24. The highest BCUT2D eigenvalue weighted by Crippen LogP contribution is 2.37. The first-order valence-corrected chi connectivity index (χ1v) is 9.63. The first kappa shape index (κ1) is 18.0. The lowest BCUT2D eigenvalue weighted by molar-refractivity contribution is -0.0908. The summed E-state index contributed by atoms with van der Waals surface area (Å²) in [5, 5.41) is 8.71. The van der Waals surface area contributed by atoms with E-state index in [1.807, 2.05) is 11.4 Å². The fourth-order valence-electron chi connectivity index (χ4n) is 3.48. The summed E-state index contributed by atoms with van der Waals surface area (Å²) in [7, 11) is 0. The Bertz CT molecular complexity index is 969. The number of nitrogens with two attached hydrogens (primary N) is 1. The number of hydrogen-bond acceptors (Lipinski definition) is 5. The predicted molar refractivity (Wildman–Crippen MR) is 98.9 cm³/mol. The van der Waals surface area contributed by atoms with Gasteiger partial charge in [0.25, 0.3) is 11.8 Å². The van der Waals surface area contributed by atoms with Gasteiger partial charge in [0.15, 0.2) is 5.65 Å². The van der Waals surface area contributed by atoms with Crippen molar-refractivity contribution < 1.29 is 13.6 Å². The number of alkyl halides is 2. The summed E-state index contributed by atoms with van der Waals surface area (Å²) >= 11 is 1.25. The number of aromatic nitrogens is 3. The highest BCUT2D eigenvalue weighted by molar-refractivity contribution is 7.12. The number of imidazole rings is 1. The number of carbonyl (C=O) groups excluding carboxylic acids is 1. The number of amides is 1. The molecule has 3 aromatic heterocycles. The van der Waals surface area contributed by atoms with E-state index in [1.54, 1.807) is 29.0 Å². The molecule has 3 aromatic rings. The van der Waals surface area contributed by atoms with Crippen molar-refractivity contribution in [2.75, 3.05) is 6.54 Å². The summed E-state index contributed by atoms with van der Waals surface area (Å²) < 4.78 is 29.8. The van der Waals surface area contributed by atoms with Gasteiger partial charge >= 0.3 is 0 Å². The number of halogens is 2. The SMILES string of the molecule is N[C@H]1CCCC(F)(F)C1CNC(=O)c1cc(-c2cnc3cccnn23)cs1. The Hall–Kier alpha value is -2.39. The van der Waals surface area contributed by atoms with Gasteiger partial charge in [-0.15, -0.1) is 11.3 Å². The zero-order valence-electron chi connectivity index (χ0n) is 14.4. The van der Waals surface area contributed by atoms with Crippen molar-refractivity contribution >= 4 is 22.9 Å². The molecule has 0 aromatic carbocycles. The first-order chi connectivity index (χ1) is 13.0. The van der Waals surface area contributed by atoms with Crippen LogP contribution in [-0.4, -0.2) is 39.0 Å². The van der Waals surface area contributed by atoms with Crippen LogP contribution in [0, 0.1) is 5.92 Å². The fraction of sp³-hybridized carbons (Fsp3) is 0.389. The van der Waals surface area contributed by atoms with E-state index in [1.165, 1.54) is 11.3 Å². The van der Waals surface area contributed by atoms with E-state index in [2.05, 4.69) is 15.4 Å². The molecule has 3 heterocycles. The van der Waals surface area contributed by atoms with Crippen LogP contribution in [-0.2, 0) is 0 Å². The van der Waals surface area contributed by atoms with Gasteiger partial charge in [0.1, 0.15) is 0 Å². The van der Waals surface area contributed by atoms with Gasteiger partial charge in [0.05, 0.1) is 22.7 Å². The Balaban J connectivity index is 1.48. The number of carbonyl (C=O) groups is 1. The van der Waals surface area contributed by atoms with Crippen LogP contribution in [0.5, 0.6) is 0 Å². The number of hydrogen-bond donors (Lipinski definition) is 2. The number of rotatable bonds is 4. The lowest BCUT2D eigenvalue weighted by Crippen LogP contribution is -2.51. The third-order valence-corrected chi connectivity index (χ3v) is 5.92. The van der Waals surface area contributed by atoms with Gasteiger partial charge in [-0.3, -0.25) is 4.79 Å². The zero-order chi connectivity index (χ0) is 19.0. The third kappa shape index (κ3) is 3.44. The molecule has 1 aliphatic rings. The summed E-state index contributed by atoms with van der Waals surface area (Å²) in [5.41, 5.74) is 8.13. The van der Waals surface area contributed by atoms with E-state index in [0.29, 0.717) is 23.4 Å². The molecule has 1 fully saturated rings. The maximum Gasteiger partial charge on any atom is 0.261 e. The normalized spacial score (nSPS) is 22.0. The van der Waals surface area contributed by atoms with Gasteiger partial charge in [-0.05, 0) is 31.0 Å². The highest BCUT2D eigenvalue weighted by Gasteiger charge is 2.45. The Morgan fingerprint density at radius 1 is 1.48 bits per heavy atom. The summed E-state index contributed by atoms with van der Waals surface area (Å²) in [6.07, 6.45) is 4.14. The van der Waals surface area contributed by atoms with Crippen molar-refractivity contribution in [1.29, 1.82) is 0 Å². The van der Waals surface area contributed by atoms with Gasteiger partial charge in [-0.2, -0.15) is 5.10 Å². The van der Waals surface area contributed by atoms with Gasteiger partial charge in [-0.25, -0.2) is 18.3 Å². The molecule has 1 aliphatic carbocycles. The number of nitrogens with zero attached hydrogens (tertiary/aromatic N) is 3. The minimum absolute atomic E-state index is 0.128. The van der Waals surface area contributed by atoms with Gasteiger partial charge < -0.3 is 11.1 Å². The maximum atomic E-state index is 14.1. The average Bonchev–Trinajstić information content (AvgIpc) is 3.27. The quantitative estimate of drug-likeness (QED) is 0.716. The first-order valence-electron chi connectivity index (χ1n) is 8.75.